The van der Waals surface area contributed by atoms with Crippen molar-refractivity contribution in [1.29, 1.82) is 0 Å². The number of benzene rings is 1. The van der Waals surface area contributed by atoms with E-state index in [1.807, 2.05) is 13.8 Å². The lowest BCUT2D eigenvalue weighted by Gasteiger charge is -2.23. The number of carbonyl (C=O) groups excluding carboxylic acids is 3. The molecule has 1 atom stereocenters. The molecule has 9 nitrogen and oxygen atoms in total. The molecule has 0 bridgehead atoms. The highest BCUT2D eigenvalue weighted by Gasteiger charge is 2.21. The predicted molar refractivity (Wildman–Crippen MR) is 127 cm³/mol. The Morgan fingerprint density at radius 1 is 1.26 bits per heavy atom. The summed E-state index contributed by atoms with van der Waals surface area (Å²) < 4.78 is 11.0. The highest BCUT2D eigenvalue weighted by molar-refractivity contribution is 6.31. The lowest BCUT2D eigenvalue weighted by molar-refractivity contribution is -0.136. The summed E-state index contributed by atoms with van der Waals surface area (Å²) in [5.41, 5.74) is 2.04. The SMILES string of the molecule is Cc1noc(C)c1CCC(=O)N1CCCCNC(=O)c2cc(Cl)ccc2OC[C@H](C)NC(=O)C1. The van der Waals surface area contributed by atoms with Gasteiger partial charge >= 0.3 is 0 Å². The maximum atomic E-state index is 13.0. The van der Waals surface area contributed by atoms with E-state index < -0.39 is 0 Å². The fourth-order valence-electron chi connectivity index (χ4n) is 3.82. The molecule has 3 rings (SSSR count). The van der Waals surface area contributed by atoms with Crippen LogP contribution in [0.3, 0.4) is 0 Å². The van der Waals surface area contributed by atoms with E-state index >= 15 is 0 Å². The second-order valence-electron chi connectivity index (χ2n) is 8.50. The minimum absolute atomic E-state index is 0.0384. The molecule has 0 saturated heterocycles. The van der Waals surface area contributed by atoms with Crippen LogP contribution in [0.5, 0.6) is 5.75 Å². The molecule has 0 unspecified atom stereocenters. The van der Waals surface area contributed by atoms with Crippen LogP contribution >= 0.6 is 11.6 Å². The zero-order chi connectivity index (χ0) is 24.7. The summed E-state index contributed by atoms with van der Waals surface area (Å²) in [6.45, 7) is 6.43. The summed E-state index contributed by atoms with van der Waals surface area (Å²) in [5.74, 6) is 0.439. The molecule has 34 heavy (non-hydrogen) atoms. The van der Waals surface area contributed by atoms with Crippen molar-refractivity contribution in [1.82, 2.24) is 20.7 Å². The number of nitrogens with zero attached hydrogens (tertiary/aromatic N) is 2. The van der Waals surface area contributed by atoms with Crippen LogP contribution in [0.15, 0.2) is 22.7 Å². The molecule has 0 saturated carbocycles. The minimum Gasteiger partial charge on any atom is -0.491 e. The Balaban J connectivity index is 1.67. The van der Waals surface area contributed by atoms with Gasteiger partial charge in [-0.05, 0) is 58.2 Å². The summed E-state index contributed by atoms with van der Waals surface area (Å²) in [7, 11) is 0. The molecule has 184 valence electrons. The maximum Gasteiger partial charge on any atom is 0.255 e. The number of ether oxygens (including phenoxy) is 1. The van der Waals surface area contributed by atoms with Gasteiger partial charge in [0.05, 0.1) is 23.8 Å². The fraction of sp³-hybridized carbons (Fsp3) is 0.500. The molecule has 0 radical (unpaired) electrons. The first-order valence-electron chi connectivity index (χ1n) is 11.4. The van der Waals surface area contributed by atoms with Crippen LogP contribution in [0.25, 0.3) is 0 Å². The Hall–Kier alpha value is -3.07. The van der Waals surface area contributed by atoms with Crippen molar-refractivity contribution in [2.45, 2.75) is 52.5 Å². The molecule has 2 aromatic rings. The van der Waals surface area contributed by atoms with Crippen molar-refractivity contribution in [3.05, 3.63) is 45.8 Å². The number of carbonyl (C=O) groups is 3. The summed E-state index contributed by atoms with van der Waals surface area (Å²) in [6.07, 6.45) is 2.04. The Kier molecular flexibility index (Phi) is 8.92. The van der Waals surface area contributed by atoms with E-state index in [0.29, 0.717) is 54.4 Å². The molecule has 1 aliphatic rings. The lowest BCUT2D eigenvalue weighted by atomic mass is 10.1. The zero-order valence-electron chi connectivity index (χ0n) is 19.8. The van der Waals surface area contributed by atoms with Crippen molar-refractivity contribution in [2.75, 3.05) is 26.2 Å². The third kappa shape index (κ3) is 6.96. The van der Waals surface area contributed by atoms with Crippen LogP contribution in [0.4, 0.5) is 0 Å². The Morgan fingerprint density at radius 2 is 2.06 bits per heavy atom. The van der Waals surface area contributed by atoms with Gasteiger partial charge in [-0.3, -0.25) is 14.4 Å². The van der Waals surface area contributed by atoms with Crippen molar-refractivity contribution < 1.29 is 23.6 Å². The van der Waals surface area contributed by atoms with Crippen molar-refractivity contribution in [3.8, 4) is 5.75 Å². The minimum atomic E-state index is -0.330. The van der Waals surface area contributed by atoms with Gasteiger partial charge < -0.3 is 24.8 Å². The monoisotopic (exact) mass is 490 g/mol. The zero-order valence-corrected chi connectivity index (χ0v) is 20.5. The van der Waals surface area contributed by atoms with Crippen LogP contribution < -0.4 is 15.4 Å². The molecule has 0 fully saturated rings. The largest absolute Gasteiger partial charge is 0.491 e. The molecule has 1 aromatic heterocycles. The average molecular weight is 491 g/mol. The van der Waals surface area contributed by atoms with Crippen molar-refractivity contribution in [3.63, 3.8) is 0 Å². The molecular formula is C24H31ClN4O5. The van der Waals surface area contributed by atoms with Crippen LogP contribution in [0.2, 0.25) is 5.02 Å². The van der Waals surface area contributed by atoms with E-state index in [2.05, 4.69) is 15.8 Å². The topological polar surface area (TPSA) is 114 Å². The van der Waals surface area contributed by atoms with Gasteiger partial charge in [0, 0.05) is 30.1 Å². The standard InChI is InChI=1S/C24H31ClN4O5/c1-15-14-33-21-8-6-18(25)12-20(21)24(32)26-10-4-5-11-29(13-22(30)27-15)23(31)9-7-19-16(2)28-34-17(19)3/h6,8,12,15H,4-5,7,9-11,13-14H2,1-3H3,(H,26,32)(H,27,30)/t15-/m0/s1. The summed E-state index contributed by atoms with van der Waals surface area (Å²) >= 11 is 6.07. The van der Waals surface area contributed by atoms with Crippen LogP contribution in [-0.2, 0) is 16.0 Å². The number of aryl methyl sites for hydroxylation is 2. The summed E-state index contributed by atoms with van der Waals surface area (Å²) in [5, 5.41) is 10.1. The number of amides is 3. The first-order chi connectivity index (χ1) is 16.2. The van der Waals surface area contributed by atoms with Gasteiger partial charge in [-0.15, -0.1) is 0 Å². The van der Waals surface area contributed by atoms with E-state index in [4.69, 9.17) is 20.9 Å². The molecular weight excluding hydrogens is 460 g/mol. The number of aromatic nitrogens is 1. The van der Waals surface area contributed by atoms with Gasteiger partial charge in [0.25, 0.3) is 5.91 Å². The molecule has 1 aliphatic heterocycles. The molecule has 3 amide bonds. The second kappa shape index (κ2) is 11.9. The molecule has 0 aliphatic carbocycles. The predicted octanol–water partition coefficient (Wildman–Crippen LogP) is 2.81. The van der Waals surface area contributed by atoms with Gasteiger partial charge in [-0.1, -0.05) is 16.8 Å². The molecule has 2 heterocycles. The normalized spacial score (nSPS) is 18.1. The number of hydrogen-bond donors (Lipinski definition) is 2. The summed E-state index contributed by atoms with van der Waals surface area (Å²) in [6, 6.07) is 4.52. The summed E-state index contributed by atoms with van der Waals surface area (Å²) in [4.78, 5) is 39.8. The number of nitrogens with one attached hydrogen (secondary N) is 2. The van der Waals surface area contributed by atoms with Crippen LogP contribution in [-0.4, -0.2) is 60.1 Å². The first-order valence-corrected chi connectivity index (χ1v) is 11.8. The van der Waals surface area contributed by atoms with Gasteiger partial charge in [0.15, 0.2) is 0 Å². The maximum absolute atomic E-state index is 13.0. The Morgan fingerprint density at radius 3 is 2.79 bits per heavy atom. The molecule has 2 N–H and O–H groups in total. The average Bonchev–Trinajstić information content (AvgIpc) is 3.11. The van der Waals surface area contributed by atoms with Crippen LogP contribution in [0, 0.1) is 13.8 Å². The van der Waals surface area contributed by atoms with E-state index in [9.17, 15) is 14.4 Å². The van der Waals surface area contributed by atoms with Crippen molar-refractivity contribution >= 4 is 29.3 Å². The lowest BCUT2D eigenvalue weighted by Crippen LogP contribution is -2.45. The third-order valence-electron chi connectivity index (χ3n) is 5.68. The number of halogens is 1. The fourth-order valence-corrected chi connectivity index (χ4v) is 3.99. The molecule has 10 heteroatoms. The molecule has 1 aromatic carbocycles. The number of rotatable bonds is 3. The van der Waals surface area contributed by atoms with E-state index in [0.717, 1.165) is 11.3 Å². The Labute approximate surface area is 204 Å². The van der Waals surface area contributed by atoms with Gasteiger partial charge in [-0.2, -0.15) is 0 Å². The second-order valence-corrected chi connectivity index (χ2v) is 8.94. The van der Waals surface area contributed by atoms with Crippen LogP contribution in [0.1, 0.15) is 53.6 Å². The van der Waals surface area contributed by atoms with E-state index in [-0.39, 0.29) is 43.3 Å². The van der Waals surface area contributed by atoms with E-state index in [1.54, 1.807) is 30.0 Å². The molecule has 0 spiro atoms. The first kappa shape index (κ1) is 25.6. The third-order valence-corrected chi connectivity index (χ3v) is 5.92. The Bertz CT molecular complexity index is 1020. The highest BCUT2D eigenvalue weighted by Crippen LogP contribution is 2.23. The van der Waals surface area contributed by atoms with Crippen molar-refractivity contribution in [2.24, 2.45) is 0 Å². The van der Waals surface area contributed by atoms with Gasteiger partial charge in [-0.25, -0.2) is 0 Å². The number of fused-ring (bicyclic) bond motifs is 1. The van der Waals surface area contributed by atoms with Gasteiger partial charge in [0.1, 0.15) is 18.1 Å². The quantitative estimate of drug-likeness (QED) is 0.684. The number of hydrogen-bond acceptors (Lipinski definition) is 6. The smallest absolute Gasteiger partial charge is 0.255 e. The van der Waals surface area contributed by atoms with E-state index in [1.165, 1.54) is 0 Å². The highest BCUT2D eigenvalue weighted by atomic mass is 35.5. The van der Waals surface area contributed by atoms with Gasteiger partial charge in [0.2, 0.25) is 11.8 Å².